The van der Waals surface area contributed by atoms with Gasteiger partial charge < -0.3 is 10.3 Å². The second-order valence-electron chi connectivity index (χ2n) is 6.79. The van der Waals surface area contributed by atoms with Crippen LogP contribution in [0.5, 0.6) is 0 Å². The molecule has 0 fully saturated rings. The lowest BCUT2D eigenvalue weighted by Crippen LogP contribution is -2.23. The third kappa shape index (κ3) is 3.49. The van der Waals surface area contributed by atoms with Gasteiger partial charge in [0.05, 0.1) is 6.54 Å². The molecule has 27 heavy (non-hydrogen) atoms. The fourth-order valence-corrected chi connectivity index (χ4v) is 3.33. The van der Waals surface area contributed by atoms with Gasteiger partial charge in [-0.1, -0.05) is 24.3 Å². The fraction of sp³-hybridized carbons (Fsp3) is 0.182. The molecule has 2 heterocycles. The zero-order valence-electron chi connectivity index (χ0n) is 15.5. The Morgan fingerprint density at radius 1 is 1.11 bits per heavy atom. The topological polar surface area (TPSA) is 62.7 Å². The summed E-state index contributed by atoms with van der Waals surface area (Å²) in [6.07, 6.45) is 3.71. The van der Waals surface area contributed by atoms with Crippen molar-refractivity contribution in [3.05, 3.63) is 88.9 Å². The quantitative estimate of drug-likeness (QED) is 0.567. The van der Waals surface area contributed by atoms with Crippen molar-refractivity contribution < 1.29 is 4.79 Å². The lowest BCUT2D eigenvalue weighted by atomic mass is 10.1. The molecule has 4 aromatic rings. The molecule has 0 atom stereocenters. The number of benzene rings is 2. The Balaban J connectivity index is 1.50. The van der Waals surface area contributed by atoms with Crippen LogP contribution in [0.3, 0.4) is 0 Å². The molecule has 0 aliphatic carbocycles. The minimum absolute atomic E-state index is 0.0657. The van der Waals surface area contributed by atoms with Gasteiger partial charge in [-0.05, 0) is 54.8 Å². The second kappa shape index (κ2) is 7.11. The smallest absolute Gasteiger partial charge is 0.251 e. The first-order chi connectivity index (χ1) is 13.1. The number of hydrogen-bond donors (Lipinski definition) is 2. The van der Waals surface area contributed by atoms with Gasteiger partial charge in [0.15, 0.2) is 0 Å². The number of H-pyrrole nitrogens is 1. The summed E-state index contributed by atoms with van der Waals surface area (Å²) < 4.78 is 1.88. The van der Waals surface area contributed by atoms with Gasteiger partial charge in [0.25, 0.3) is 5.91 Å². The third-order valence-electron chi connectivity index (χ3n) is 5.02. The van der Waals surface area contributed by atoms with Gasteiger partial charge in [0.1, 0.15) is 0 Å². The zero-order chi connectivity index (χ0) is 18.8. The van der Waals surface area contributed by atoms with Crippen molar-refractivity contribution in [2.45, 2.75) is 26.9 Å². The molecule has 2 aromatic carbocycles. The first kappa shape index (κ1) is 17.1. The highest BCUT2D eigenvalue weighted by Crippen LogP contribution is 2.22. The first-order valence-electron chi connectivity index (χ1n) is 9.03. The predicted octanol–water partition coefficient (Wildman–Crippen LogP) is 3.96. The van der Waals surface area contributed by atoms with Crippen LogP contribution in [-0.2, 0) is 13.1 Å². The van der Waals surface area contributed by atoms with Gasteiger partial charge in [-0.2, -0.15) is 5.10 Å². The number of hydrogen-bond acceptors (Lipinski definition) is 2. The number of nitrogens with zero attached hydrogens (tertiary/aromatic N) is 2. The normalized spacial score (nSPS) is 11.0. The van der Waals surface area contributed by atoms with Crippen molar-refractivity contribution in [3.63, 3.8) is 0 Å². The number of aryl methyl sites for hydroxylation is 2. The van der Waals surface area contributed by atoms with Crippen molar-refractivity contribution in [3.8, 4) is 0 Å². The van der Waals surface area contributed by atoms with Gasteiger partial charge in [-0.15, -0.1) is 0 Å². The molecule has 1 amide bonds. The minimum Gasteiger partial charge on any atom is -0.358 e. The van der Waals surface area contributed by atoms with E-state index in [0.29, 0.717) is 18.7 Å². The highest BCUT2D eigenvalue weighted by molar-refractivity contribution is 5.99. The van der Waals surface area contributed by atoms with Crippen molar-refractivity contribution >= 4 is 16.8 Å². The van der Waals surface area contributed by atoms with Crippen LogP contribution in [0.25, 0.3) is 10.9 Å². The van der Waals surface area contributed by atoms with E-state index in [4.69, 9.17) is 0 Å². The molecule has 0 saturated carbocycles. The van der Waals surface area contributed by atoms with Crippen LogP contribution < -0.4 is 5.32 Å². The van der Waals surface area contributed by atoms with E-state index in [0.717, 1.165) is 27.7 Å². The summed E-state index contributed by atoms with van der Waals surface area (Å²) in [5.74, 6) is -0.0657. The molecule has 5 heteroatoms. The molecule has 4 rings (SSSR count). The molecule has 0 aliphatic heterocycles. The molecule has 0 unspecified atom stereocenters. The number of carbonyl (C=O) groups is 1. The Kier molecular flexibility index (Phi) is 4.50. The number of aromatic nitrogens is 3. The second-order valence-corrected chi connectivity index (χ2v) is 6.79. The molecule has 0 bridgehead atoms. The van der Waals surface area contributed by atoms with Crippen molar-refractivity contribution in [1.82, 2.24) is 20.1 Å². The summed E-state index contributed by atoms with van der Waals surface area (Å²) in [5, 5.41) is 8.40. The average Bonchev–Trinajstić information content (AvgIpc) is 3.29. The number of nitrogens with one attached hydrogen (secondary N) is 2. The molecule has 5 nitrogen and oxygen atoms in total. The van der Waals surface area contributed by atoms with Crippen LogP contribution >= 0.6 is 0 Å². The summed E-state index contributed by atoms with van der Waals surface area (Å²) in [4.78, 5) is 16.0. The molecular weight excluding hydrogens is 336 g/mol. The Hall–Kier alpha value is -3.34. The molecule has 0 saturated heterocycles. The monoisotopic (exact) mass is 358 g/mol. The van der Waals surface area contributed by atoms with Gasteiger partial charge >= 0.3 is 0 Å². The van der Waals surface area contributed by atoms with Crippen LogP contribution in [0.2, 0.25) is 0 Å². The van der Waals surface area contributed by atoms with Gasteiger partial charge in [0.2, 0.25) is 0 Å². The van der Waals surface area contributed by atoms with E-state index in [1.807, 2.05) is 60.3 Å². The number of carbonyl (C=O) groups excluding carboxylic acids is 1. The van der Waals surface area contributed by atoms with Gasteiger partial charge in [-0.25, -0.2) is 0 Å². The van der Waals surface area contributed by atoms with E-state index in [2.05, 4.69) is 28.4 Å². The Labute approximate surface area is 158 Å². The van der Waals surface area contributed by atoms with Crippen molar-refractivity contribution in [1.29, 1.82) is 0 Å². The Bertz CT molecular complexity index is 1090. The van der Waals surface area contributed by atoms with Crippen LogP contribution in [-0.4, -0.2) is 20.7 Å². The lowest BCUT2D eigenvalue weighted by Gasteiger charge is -2.11. The maximum atomic E-state index is 12.7. The molecule has 2 aromatic heterocycles. The minimum atomic E-state index is -0.0657. The molecular formula is C22H22N4O. The Morgan fingerprint density at radius 2 is 1.93 bits per heavy atom. The molecule has 0 radical (unpaired) electrons. The third-order valence-corrected chi connectivity index (χ3v) is 5.02. The summed E-state index contributed by atoms with van der Waals surface area (Å²) in [5.41, 5.74) is 6.30. The lowest BCUT2D eigenvalue weighted by molar-refractivity contribution is 0.0951. The van der Waals surface area contributed by atoms with E-state index in [-0.39, 0.29) is 5.91 Å². The van der Waals surface area contributed by atoms with E-state index in [1.165, 1.54) is 5.56 Å². The summed E-state index contributed by atoms with van der Waals surface area (Å²) in [6, 6.07) is 15.8. The number of aromatic amines is 1. The van der Waals surface area contributed by atoms with Gasteiger partial charge in [0, 0.05) is 41.1 Å². The maximum absolute atomic E-state index is 12.7. The Morgan fingerprint density at radius 3 is 2.70 bits per heavy atom. The van der Waals surface area contributed by atoms with E-state index in [9.17, 15) is 4.79 Å². The molecule has 136 valence electrons. The number of amides is 1. The summed E-state index contributed by atoms with van der Waals surface area (Å²) >= 11 is 0. The highest BCUT2D eigenvalue weighted by Gasteiger charge is 2.11. The SMILES string of the molecule is Cc1[nH]c2ccc(C(=O)NCc3ccccc3Cn3cccn3)cc2c1C. The molecule has 0 spiro atoms. The van der Waals surface area contributed by atoms with Crippen LogP contribution in [0.15, 0.2) is 60.9 Å². The van der Waals surface area contributed by atoms with E-state index >= 15 is 0 Å². The molecule has 0 aliphatic rings. The highest BCUT2D eigenvalue weighted by atomic mass is 16.1. The van der Waals surface area contributed by atoms with Crippen LogP contribution in [0.1, 0.15) is 32.7 Å². The standard InChI is InChI=1S/C22H22N4O/c1-15-16(2)25-21-9-8-17(12-20(15)21)22(27)23-13-18-6-3-4-7-19(18)14-26-11-5-10-24-26/h3-12,25H,13-14H2,1-2H3,(H,23,27). The average molecular weight is 358 g/mol. The zero-order valence-corrected chi connectivity index (χ0v) is 15.5. The summed E-state index contributed by atoms with van der Waals surface area (Å²) in [6.45, 7) is 5.29. The van der Waals surface area contributed by atoms with Crippen LogP contribution in [0.4, 0.5) is 0 Å². The van der Waals surface area contributed by atoms with Crippen LogP contribution in [0, 0.1) is 13.8 Å². The van der Waals surface area contributed by atoms with Gasteiger partial charge in [-0.3, -0.25) is 9.48 Å². The molecule has 2 N–H and O–H groups in total. The maximum Gasteiger partial charge on any atom is 0.251 e. The van der Waals surface area contributed by atoms with Crippen molar-refractivity contribution in [2.24, 2.45) is 0 Å². The fourth-order valence-electron chi connectivity index (χ4n) is 3.33. The largest absolute Gasteiger partial charge is 0.358 e. The number of fused-ring (bicyclic) bond motifs is 1. The first-order valence-corrected chi connectivity index (χ1v) is 9.03. The van der Waals surface area contributed by atoms with E-state index < -0.39 is 0 Å². The predicted molar refractivity (Wildman–Crippen MR) is 107 cm³/mol. The summed E-state index contributed by atoms with van der Waals surface area (Å²) in [7, 11) is 0. The van der Waals surface area contributed by atoms with Crippen molar-refractivity contribution in [2.75, 3.05) is 0 Å². The number of rotatable bonds is 5. The van der Waals surface area contributed by atoms with E-state index in [1.54, 1.807) is 6.20 Å².